The molecule has 0 fully saturated rings. The van der Waals surface area contributed by atoms with Crippen molar-refractivity contribution in [1.82, 2.24) is 4.57 Å². The Labute approximate surface area is 171 Å². The number of pyridine rings is 1. The van der Waals surface area contributed by atoms with E-state index in [9.17, 15) is 14.0 Å². The molecule has 0 radical (unpaired) electrons. The molecule has 1 aromatic heterocycles. The fraction of sp³-hybridized carbons (Fsp3) is 0.143. The summed E-state index contributed by atoms with van der Waals surface area (Å²) in [6.45, 7) is 0.311. The van der Waals surface area contributed by atoms with Crippen molar-refractivity contribution in [2.24, 2.45) is 0 Å². The number of benzene rings is 2. The molecule has 3 rings (SSSR count). The van der Waals surface area contributed by atoms with Gasteiger partial charge in [-0.2, -0.15) is 0 Å². The molecule has 2 aromatic carbocycles. The van der Waals surface area contributed by atoms with E-state index in [-0.39, 0.29) is 23.7 Å². The van der Waals surface area contributed by atoms with Crippen LogP contribution >= 0.6 is 23.4 Å². The fourth-order valence-corrected chi connectivity index (χ4v) is 3.66. The zero-order chi connectivity index (χ0) is 19.9. The Hall–Kier alpha value is -2.57. The summed E-state index contributed by atoms with van der Waals surface area (Å²) in [6.07, 6.45) is 1.82. The highest BCUT2D eigenvalue weighted by Gasteiger charge is 2.08. The van der Waals surface area contributed by atoms with Gasteiger partial charge in [0.2, 0.25) is 5.91 Å². The van der Waals surface area contributed by atoms with Crippen LogP contribution in [0.4, 0.5) is 10.1 Å². The fourth-order valence-electron chi connectivity index (χ4n) is 2.58. The van der Waals surface area contributed by atoms with Crippen LogP contribution in [0.15, 0.2) is 76.6 Å². The number of carbonyl (C=O) groups excluding carboxylic acids is 1. The van der Waals surface area contributed by atoms with Crippen LogP contribution in [-0.2, 0) is 11.3 Å². The third kappa shape index (κ3) is 5.47. The van der Waals surface area contributed by atoms with Crippen LogP contribution in [0.3, 0.4) is 0 Å². The van der Waals surface area contributed by atoms with E-state index >= 15 is 0 Å². The standard InChI is InChI=1S/C21H18ClFN2O2S/c22-17-6-2-1-5-15(17)13-25-14-16(9-10-21(25)27)24-20(26)11-12-28-19-8-4-3-7-18(19)23/h1-10,14H,11-13H2,(H,24,26). The average Bonchev–Trinajstić information content (AvgIpc) is 2.68. The number of amides is 1. The van der Waals surface area contributed by atoms with E-state index < -0.39 is 0 Å². The Morgan fingerprint density at radius 2 is 1.82 bits per heavy atom. The van der Waals surface area contributed by atoms with Gasteiger partial charge in [0.25, 0.3) is 5.56 Å². The zero-order valence-corrected chi connectivity index (χ0v) is 16.5. The third-order valence-electron chi connectivity index (χ3n) is 3.99. The van der Waals surface area contributed by atoms with Gasteiger partial charge in [-0.3, -0.25) is 9.59 Å². The first-order valence-corrected chi connectivity index (χ1v) is 10.0. The number of carbonyl (C=O) groups is 1. The molecule has 1 heterocycles. The molecule has 28 heavy (non-hydrogen) atoms. The second-order valence-electron chi connectivity index (χ2n) is 6.05. The monoisotopic (exact) mass is 416 g/mol. The van der Waals surface area contributed by atoms with Crippen molar-refractivity contribution in [2.75, 3.05) is 11.1 Å². The molecule has 7 heteroatoms. The van der Waals surface area contributed by atoms with Crippen LogP contribution in [0.2, 0.25) is 5.02 Å². The summed E-state index contributed by atoms with van der Waals surface area (Å²) in [7, 11) is 0. The largest absolute Gasteiger partial charge is 0.325 e. The topological polar surface area (TPSA) is 51.1 Å². The molecule has 0 aliphatic rings. The van der Waals surface area contributed by atoms with Gasteiger partial charge in [-0.05, 0) is 29.8 Å². The molecule has 0 saturated carbocycles. The summed E-state index contributed by atoms with van der Waals surface area (Å²) in [5, 5.41) is 3.35. The van der Waals surface area contributed by atoms with Gasteiger partial charge < -0.3 is 9.88 Å². The maximum atomic E-state index is 13.6. The van der Waals surface area contributed by atoms with Crippen LogP contribution in [0.1, 0.15) is 12.0 Å². The second kappa shape index (κ2) is 9.57. The van der Waals surface area contributed by atoms with Crippen LogP contribution in [0.5, 0.6) is 0 Å². The molecule has 3 aromatic rings. The van der Waals surface area contributed by atoms with Gasteiger partial charge in [0.15, 0.2) is 0 Å². The summed E-state index contributed by atoms with van der Waals surface area (Å²) in [4.78, 5) is 24.8. The SMILES string of the molecule is O=C(CCSc1ccccc1F)Nc1ccc(=O)n(Cc2ccccc2Cl)c1. The van der Waals surface area contributed by atoms with Crippen LogP contribution in [-0.4, -0.2) is 16.2 Å². The molecule has 0 atom stereocenters. The first-order chi connectivity index (χ1) is 13.5. The highest BCUT2D eigenvalue weighted by Crippen LogP contribution is 2.22. The second-order valence-corrected chi connectivity index (χ2v) is 7.60. The van der Waals surface area contributed by atoms with E-state index in [2.05, 4.69) is 5.32 Å². The number of thioether (sulfide) groups is 1. The lowest BCUT2D eigenvalue weighted by Crippen LogP contribution is -2.21. The molecule has 0 spiro atoms. The predicted octanol–water partition coefficient (Wildman–Crippen LogP) is 4.81. The van der Waals surface area contributed by atoms with E-state index in [1.165, 1.54) is 28.5 Å². The van der Waals surface area contributed by atoms with Gasteiger partial charge >= 0.3 is 0 Å². The number of halogens is 2. The molecular weight excluding hydrogens is 399 g/mol. The molecule has 1 N–H and O–H groups in total. The van der Waals surface area contributed by atoms with Crippen LogP contribution in [0, 0.1) is 5.82 Å². The van der Waals surface area contributed by atoms with Crippen molar-refractivity contribution >= 4 is 35.0 Å². The average molecular weight is 417 g/mol. The Kier molecular flexibility index (Phi) is 6.90. The summed E-state index contributed by atoms with van der Waals surface area (Å²) in [6, 6.07) is 16.7. The maximum Gasteiger partial charge on any atom is 0.250 e. The molecule has 144 valence electrons. The van der Waals surface area contributed by atoms with E-state index in [1.807, 2.05) is 18.2 Å². The van der Waals surface area contributed by atoms with Crippen LogP contribution < -0.4 is 10.9 Å². The summed E-state index contributed by atoms with van der Waals surface area (Å²) in [5.41, 5.74) is 1.15. The Morgan fingerprint density at radius 1 is 1.07 bits per heavy atom. The summed E-state index contributed by atoms with van der Waals surface area (Å²) >= 11 is 7.44. The minimum atomic E-state index is -0.292. The van der Waals surface area contributed by atoms with E-state index in [0.717, 1.165) is 5.56 Å². The van der Waals surface area contributed by atoms with Gasteiger partial charge in [-0.1, -0.05) is 41.9 Å². The molecule has 4 nitrogen and oxygen atoms in total. The quantitative estimate of drug-likeness (QED) is 0.562. The normalized spacial score (nSPS) is 10.6. The van der Waals surface area contributed by atoms with Gasteiger partial charge in [0.1, 0.15) is 5.82 Å². The minimum absolute atomic E-state index is 0.187. The third-order valence-corrected chi connectivity index (χ3v) is 5.41. The molecule has 0 bridgehead atoms. The highest BCUT2D eigenvalue weighted by molar-refractivity contribution is 7.99. The number of rotatable bonds is 7. The number of hydrogen-bond donors (Lipinski definition) is 1. The smallest absolute Gasteiger partial charge is 0.250 e. The van der Waals surface area contributed by atoms with Crippen LogP contribution in [0.25, 0.3) is 0 Å². The molecule has 0 saturated heterocycles. The Balaban J connectivity index is 1.59. The van der Waals surface area contributed by atoms with Gasteiger partial charge in [0.05, 0.1) is 12.2 Å². The molecular formula is C21H18ClFN2O2S. The molecule has 0 aliphatic heterocycles. The first-order valence-electron chi connectivity index (χ1n) is 8.64. The van der Waals surface area contributed by atoms with E-state index in [0.29, 0.717) is 27.9 Å². The van der Waals surface area contributed by atoms with Crippen molar-refractivity contribution in [3.8, 4) is 0 Å². The van der Waals surface area contributed by atoms with Crippen molar-refractivity contribution in [3.63, 3.8) is 0 Å². The van der Waals surface area contributed by atoms with Crippen molar-refractivity contribution < 1.29 is 9.18 Å². The van der Waals surface area contributed by atoms with Crippen molar-refractivity contribution in [2.45, 2.75) is 17.9 Å². The Bertz CT molecular complexity index is 1040. The first kappa shape index (κ1) is 20.2. The Morgan fingerprint density at radius 3 is 2.61 bits per heavy atom. The lowest BCUT2D eigenvalue weighted by Gasteiger charge is -2.11. The van der Waals surface area contributed by atoms with E-state index in [1.54, 1.807) is 36.5 Å². The summed E-state index contributed by atoms with van der Waals surface area (Å²) < 4.78 is 15.1. The zero-order valence-electron chi connectivity index (χ0n) is 14.9. The number of aromatic nitrogens is 1. The number of nitrogens with zero attached hydrogens (tertiary/aromatic N) is 1. The van der Waals surface area contributed by atoms with Crippen molar-refractivity contribution in [3.05, 3.63) is 93.6 Å². The predicted molar refractivity (Wildman–Crippen MR) is 112 cm³/mol. The lowest BCUT2D eigenvalue weighted by atomic mass is 10.2. The lowest BCUT2D eigenvalue weighted by molar-refractivity contribution is -0.115. The van der Waals surface area contributed by atoms with Gasteiger partial charge in [-0.15, -0.1) is 11.8 Å². The summed E-state index contributed by atoms with van der Waals surface area (Å²) in [5.74, 6) is -0.0437. The number of anilines is 1. The number of hydrogen-bond acceptors (Lipinski definition) is 3. The van der Waals surface area contributed by atoms with Gasteiger partial charge in [-0.25, -0.2) is 4.39 Å². The maximum absolute atomic E-state index is 13.6. The van der Waals surface area contributed by atoms with Crippen molar-refractivity contribution in [1.29, 1.82) is 0 Å². The minimum Gasteiger partial charge on any atom is -0.325 e. The molecule has 1 amide bonds. The number of nitrogens with one attached hydrogen (secondary N) is 1. The van der Waals surface area contributed by atoms with Gasteiger partial charge in [0, 0.05) is 34.4 Å². The molecule has 0 aliphatic carbocycles. The van der Waals surface area contributed by atoms with E-state index in [4.69, 9.17) is 11.6 Å². The highest BCUT2D eigenvalue weighted by atomic mass is 35.5. The molecule has 0 unspecified atom stereocenters.